The molecule has 0 saturated carbocycles. The third-order valence-electron chi connectivity index (χ3n) is 3.66. The van der Waals surface area contributed by atoms with Crippen LogP contribution in [0.15, 0.2) is 29.2 Å². The van der Waals surface area contributed by atoms with Gasteiger partial charge in [-0.3, -0.25) is 4.79 Å². The molecule has 20 heavy (non-hydrogen) atoms. The van der Waals surface area contributed by atoms with Gasteiger partial charge in [-0.1, -0.05) is 6.92 Å². The first-order valence-electron chi connectivity index (χ1n) is 6.93. The third-order valence-corrected chi connectivity index (χ3v) is 4.94. The highest BCUT2D eigenvalue weighted by Crippen LogP contribution is 2.22. The van der Waals surface area contributed by atoms with Crippen LogP contribution in [0.2, 0.25) is 0 Å². The molecule has 1 heterocycles. The van der Waals surface area contributed by atoms with Crippen molar-refractivity contribution in [3.05, 3.63) is 30.1 Å². The van der Waals surface area contributed by atoms with Crippen molar-refractivity contribution in [2.24, 2.45) is 5.92 Å². The van der Waals surface area contributed by atoms with Gasteiger partial charge in [-0.05, 0) is 37.2 Å². The second-order valence-electron chi connectivity index (χ2n) is 5.26. The Labute approximate surface area is 123 Å². The Bertz CT molecular complexity index is 446. The monoisotopic (exact) mass is 296 g/mol. The van der Waals surface area contributed by atoms with E-state index in [1.165, 1.54) is 12.1 Å². The number of amides is 1. The van der Waals surface area contributed by atoms with E-state index in [0.29, 0.717) is 6.04 Å². The van der Waals surface area contributed by atoms with Crippen LogP contribution < -0.4 is 5.32 Å². The lowest BCUT2D eigenvalue weighted by Crippen LogP contribution is -2.41. The summed E-state index contributed by atoms with van der Waals surface area (Å²) in [6, 6.07) is 6.72. The van der Waals surface area contributed by atoms with E-state index in [0.717, 1.165) is 30.2 Å². The number of halogens is 1. The zero-order valence-corrected chi connectivity index (χ0v) is 12.8. The second kappa shape index (κ2) is 7.09. The first-order valence-corrected chi connectivity index (χ1v) is 7.92. The van der Waals surface area contributed by atoms with E-state index in [9.17, 15) is 9.18 Å². The number of benzene rings is 1. The van der Waals surface area contributed by atoms with Gasteiger partial charge in [-0.15, -0.1) is 11.8 Å². The molecule has 0 spiro atoms. The molecule has 3 nitrogen and oxygen atoms in total. The molecule has 2 unspecified atom stereocenters. The quantitative estimate of drug-likeness (QED) is 0.847. The zero-order valence-electron chi connectivity index (χ0n) is 11.9. The minimum absolute atomic E-state index is 0.0318. The zero-order chi connectivity index (χ0) is 14.5. The highest BCUT2D eigenvalue weighted by Gasteiger charge is 2.26. The van der Waals surface area contributed by atoms with Crippen molar-refractivity contribution in [2.45, 2.75) is 24.3 Å². The number of hydrogen-bond donors (Lipinski definition) is 1. The van der Waals surface area contributed by atoms with Gasteiger partial charge in [-0.25, -0.2) is 4.39 Å². The topological polar surface area (TPSA) is 32.3 Å². The molecule has 1 fully saturated rings. The fraction of sp³-hybridized carbons (Fsp3) is 0.533. The summed E-state index contributed by atoms with van der Waals surface area (Å²) >= 11 is 1.60. The number of nitrogens with zero attached hydrogens (tertiary/aromatic N) is 1. The number of carbonyl (C=O) groups excluding carboxylic acids is 1. The van der Waals surface area contributed by atoms with Gasteiger partial charge < -0.3 is 10.2 Å². The predicted molar refractivity (Wildman–Crippen MR) is 80.3 cm³/mol. The summed E-state index contributed by atoms with van der Waals surface area (Å²) in [7, 11) is 1.89. The Morgan fingerprint density at radius 2 is 2.20 bits per heavy atom. The van der Waals surface area contributed by atoms with Gasteiger partial charge in [0.2, 0.25) is 5.91 Å². The van der Waals surface area contributed by atoms with E-state index in [4.69, 9.17) is 0 Å². The van der Waals surface area contributed by atoms with Crippen LogP contribution in [-0.4, -0.2) is 42.7 Å². The SMILES string of the molecule is CC(CSc1ccc(F)cc1)C(=O)N(C)C1CCNC1. The molecule has 1 saturated heterocycles. The Morgan fingerprint density at radius 3 is 2.80 bits per heavy atom. The Kier molecular flexibility index (Phi) is 5.43. The Morgan fingerprint density at radius 1 is 1.50 bits per heavy atom. The van der Waals surface area contributed by atoms with Crippen molar-refractivity contribution >= 4 is 17.7 Å². The van der Waals surface area contributed by atoms with E-state index < -0.39 is 0 Å². The molecule has 1 aromatic carbocycles. The number of nitrogens with one attached hydrogen (secondary N) is 1. The van der Waals surface area contributed by atoms with E-state index >= 15 is 0 Å². The summed E-state index contributed by atoms with van der Waals surface area (Å²) in [5, 5.41) is 3.28. The van der Waals surface area contributed by atoms with Crippen molar-refractivity contribution in [3.63, 3.8) is 0 Å². The molecule has 1 aromatic rings. The van der Waals surface area contributed by atoms with Gasteiger partial charge in [0.1, 0.15) is 5.82 Å². The molecule has 110 valence electrons. The molecule has 5 heteroatoms. The number of carbonyl (C=O) groups is 1. The summed E-state index contributed by atoms with van der Waals surface area (Å²) < 4.78 is 12.8. The molecule has 0 bridgehead atoms. The molecule has 1 amide bonds. The minimum atomic E-state index is -0.230. The van der Waals surface area contributed by atoms with Crippen LogP contribution in [0, 0.1) is 11.7 Å². The molecular formula is C15H21FN2OS. The number of likely N-dealkylation sites (N-methyl/N-ethyl adjacent to an activating group) is 1. The first kappa shape index (κ1) is 15.3. The van der Waals surface area contributed by atoms with Crippen molar-refractivity contribution in [1.82, 2.24) is 10.2 Å². The van der Waals surface area contributed by atoms with E-state index in [-0.39, 0.29) is 17.6 Å². The number of rotatable bonds is 5. The second-order valence-corrected chi connectivity index (χ2v) is 6.36. The minimum Gasteiger partial charge on any atom is -0.341 e. The van der Waals surface area contributed by atoms with Gasteiger partial charge >= 0.3 is 0 Å². The standard InChI is InChI=1S/C15H21FN2OS/c1-11(10-20-14-5-3-12(16)4-6-14)15(19)18(2)13-7-8-17-9-13/h3-6,11,13,17H,7-10H2,1-2H3. The number of hydrogen-bond acceptors (Lipinski definition) is 3. The highest BCUT2D eigenvalue weighted by atomic mass is 32.2. The molecule has 0 radical (unpaired) electrons. The maximum absolute atomic E-state index is 12.8. The van der Waals surface area contributed by atoms with Crippen LogP contribution >= 0.6 is 11.8 Å². The average Bonchev–Trinajstić information content (AvgIpc) is 2.99. The molecule has 0 aromatic heterocycles. The van der Waals surface area contributed by atoms with Crippen LogP contribution in [-0.2, 0) is 4.79 Å². The lowest BCUT2D eigenvalue weighted by Gasteiger charge is -2.26. The van der Waals surface area contributed by atoms with Gasteiger partial charge in [0.25, 0.3) is 0 Å². The molecule has 2 atom stereocenters. The fourth-order valence-electron chi connectivity index (χ4n) is 2.32. The summed E-state index contributed by atoms with van der Waals surface area (Å²) in [4.78, 5) is 15.2. The van der Waals surface area contributed by atoms with Gasteiger partial charge in [0.15, 0.2) is 0 Å². The molecular weight excluding hydrogens is 275 g/mol. The first-order chi connectivity index (χ1) is 9.58. The van der Waals surface area contributed by atoms with Crippen molar-refractivity contribution in [3.8, 4) is 0 Å². The highest BCUT2D eigenvalue weighted by molar-refractivity contribution is 7.99. The van der Waals surface area contributed by atoms with E-state index in [1.54, 1.807) is 23.9 Å². The maximum atomic E-state index is 12.8. The average molecular weight is 296 g/mol. The van der Waals surface area contributed by atoms with Crippen LogP contribution in [0.25, 0.3) is 0 Å². The van der Waals surface area contributed by atoms with Gasteiger partial charge in [0.05, 0.1) is 0 Å². The van der Waals surface area contributed by atoms with Crippen molar-refractivity contribution in [1.29, 1.82) is 0 Å². The normalized spacial score (nSPS) is 19.9. The summed E-state index contributed by atoms with van der Waals surface area (Å²) in [6.07, 6.45) is 1.03. The lowest BCUT2D eigenvalue weighted by molar-refractivity contribution is -0.134. The van der Waals surface area contributed by atoms with E-state index in [1.807, 2.05) is 18.9 Å². The molecule has 1 aliphatic rings. The van der Waals surface area contributed by atoms with Gasteiger partial charge in [-0.2, -0.15) is 0 Å². The molecule has 1 aliphatic heterocycles. The Balaban J connectivity index is 1.82. The summed E-state index contributed by atoms with van der Waals surface area (Å²) in [6.45, 7) is 3.83. The smallest absolute Gasteiger partial charge is 0.226 e. The largest absolute Gasteiger partial charge is 0.341 e. The predicted octanol–water partition coefficient (Wildman–Crippen LogP) is 2.37. The van der Waals surface area contributed by atoms with Crippen LogP contribution in [0.4, 0.5) is 4.39 Å². The molecule has 0 aliphatic carbocycles. The third kappa shape index (κ3) is 3.96. The van der Waals surface area contributed by atoms with Crippen molar-refractivity contribution < 1.29 is 9.18 Å². The van der Waals surface area contributed by atoms with E-state index in [2.05, 4.69) is 5.32 Å². The number of thioether (sulfide) groups is 1. The van der Waals surface area contributed by atoms with Crippen molar-refractivity contribution in [2.75, 3.05) is 25.9 Å². The molecule has 2 rings (SSSR count). The molecule has 1 N–H and O–H groups in total. The fourth-order valence-corrected chi connectivity index (χ4v) is 3.23. The van der Waals surface area contributed by atoms with Gasteiger partial charge in [0, 0.05) is 36.2 Å². The summed E-state index contributed by atoms with van der Waals surface area (Å²) in [5.74, 6) is 0.644. The summed E-state index contributed by atoms with van der Waals surface area (Å²) in [5.41, 5.74) is 0. The van der Waals surface area contributed by atoms with Crippen LogP contribution in [0.5, 0.6) is 0 Å². The van der Waals surface area contributed by atoms with Crippen LogP contribution in [0.3, 0.4) is 0 Å². The Hall–Kier alpha value is -1.07. The lowest BCUT2D eigenvalue weighted by atomic mass is 10.1. The maximum Gasteiger partial charge on any atom is 0.226 e. The van der Waals surface area contributed by atoms with Crippen LogP contribution in [0.1, 0.15) is 13.3 Å².